The number of amides is 1. The number of carboxylic acids is 1. The fourth-order valence-electron chi connectivity index (χ4n) is 4.23. The van der Waals surface area contributed by atoms with Crippen molar-refractivity contribution in [3.63, 3.8) is 0 Å². The first-order chi connectivity index (χ1) is 12.4. The van der Waals surface area contributed by atoms with Gasteiger partial charge in [0.2, 0.25) is 5.91 Å². The number of aromatic nitrogens is 1. The lowest BCUT2D eigenvalue weighted by atomic mass is 9.84. The van der Waals surface area contributed by atoms with Crippen molar-refractivity contribution in [2.24, 2.45) is 5.92 Å². The van der Waals surface area contributed by atoms with Crippen LogP contribution in [0.4, 0.5) is 0 Å². The van der Waals surface area contributed by atoms with Crippen molar-refractivity contribution in [3.05, 3.63) is 17.0 Å². The lowest BCUT2D eigenvalue weighted by Gasteiger charge is -2.27. The Morgan fingerprint density at radius 3 is 2.54 bits per heavy atom. The maximum atomic E-state index is 12.6. The second-order valence-electron chi connectivity index (χ2n) is 7.78. The van der Waals surface area contributed by atoms with Crippen LogP contribution in [0.5, 0.6) is 0 Å². The largest absolute Gasteiger partial charge is 0.481 e. The van der Waals surface area contributed by atoms with Crippen molar-refractivity contribution in [2.45, 2.75) is 90.5 Å². The molecule has 1 aliphatic rings. The Morgan fingerprint density at radius 2 is 1.96 bits per heavy atom. The van der Waals surface area contributed by atoms with Crippen molar-refractivity contribution in [2.75, 3.05) is 0 Å². The number of rotatable bonds is 9. The summed E-state index contributed by atoms with van der Waals surface area (Å²) in [5, 5.41) is 16.1. The van der Waals surface area contributed by atoms with Gasteiger partial charge in [0.15, 0.2) is 0 Å². The minimum absolute atomic E-state index is 0.0241. The number of nitrogens with zero attached hydrogens (tertiary/aromatic N) is 1. The van der Waals surface area contributed by atoms with Crippen LogP contribution in [0.1, 0.15) is 87.6 Å². The number of hydrogen-bond acceptors (Lipinski definition) is 4. The molecule has 0 radical (unpaired) electrons. The Kier molecular flexibility index (Phi) is 7.66. The zero-order valence-electron chi connectivity index (χ0n) is 16.2. The van der Waals surface area contributed by atoms with Crippen molar-refractivity contribution < 1.29 is 19.2 Å². The quantitative estimate of drug-likeness (QED) is 0.688. The summed E-state index contributed by atoms with van der Waals surface area (Å²) in [6.07, 6.45) is 7.99. The molecule has 1 saturated carbocycles. The minimum atomic E-state index is -0.808. The number of carbonyl (C=O) groups is 2. The first-order valence-electron chi connectivity index (χ1n) is 9.80. The number of aryl methyl sites for hydroxylation is 2. The van der Waals surface area contributed by atoms with E-state index in [-0.39, 0.29) is 24.3 Å². The van der Waals surface area contributed by atoms with Gasteiger partial charge in [-0.25, -0.2) is 0 Å². The van der Waals surface area contributed by atoms with Crippen LogP contribution in [0.25, 0.3) is 0 Å². The van der Waals surface area contributed by atoms with Gasteiger partial charge in [0, 0.05) is 24.4 Å². The minimum Gasteiger partial charge on any atom is -0.481 e. The maximum absolute atomic E-state index is 12.6. The van der Waals surface area contributed by atoms with Crippen molar-refractivity contribution in [1.29, 1.82) is 0 Å². The first kappa shape index (κ1) is 20.5. The monoisotopic (exact) mass is 364 g/mol. The SMILES string of the molecule is Cc1noc(C)c1C(C)CC(=O)NC(CCC(=O)O)CC1CCCCC1. The van der Waals surface area contributed by atoms with Gasteiger partial charge in [-0.3, -0.25) is 9.59 Å². The third-order valence-electron chi connectivity index (χ3n) is 5.49. The molecule has 6 heteroatoms. The number of carbonyl (C=O) groups excluding carboxylic acids is 1. The molecule has 1 amide bonds. The Hall–Kier alpha value is -1.85. The average molecular weight is 364 g/mol. The molecule has 1 aliphatic carbocycles. The Bertz CT molecular complexity index is 585. The van der Waals surface area contributed by atoms with Crippen LogP contribution in [0.15, 0.2) is 4.52 Å². The average Bonchev–Trinajstić information content (AvgIpc) is 2.92. The number of nitrogens with one attached hydrogen (secondary N) is 1. The van der Waals surface area contributed by atoms with Gasteiger partial charge in [0.05, 0.1) is 5.69 Å². The van der Waals surface area contributed by atoms with Crippen LogP contribution in [0.2, 0.25) is 0 Å². The molecule has 1 fully saturated rings. The molecule has 1 heterocycles. The normalized spacial score (nSPS) is 17.7. The molecule has 0 aromatic carbocycles. The van der Waals surface area contributed by atoms with E-state index < -0.39 is 5.97 Å². The molecule has 1 aromatic rings. The fraction of sp³-hybridized carbons (Fsp3) is 0.750. The summed E-state index contributed by atoms with van der Waals surface area (Å²) in [5.41, 5.74) is 1.82. The molecule has 2 unspecified atom stereocenters. The van der Waals surface area contributed by atoms with Crippen LogP contribution in [0, 0.1) is 19.8 Å². The first-order valence-corrected chi connectivity index (χ1v) is 9.80. The van der Waals surface area contributed by atoms with E-state index in [2.05, 4.69) is 10.5 Å². The van der Waals surface area contributed by atoms with E-state index in [9.17, 15) is 9.59 Å². The highest BCUT2D eigenvalue weighted by molar-refractivity contribution is 5.77. The van der Waals surface area contributed by atoms with E-state index in [4.69, 9.17) is 9.63 Å². The summed E-state index contributed by atoms with van der Waals surface area (Å²) in [6, 6.07) is -0.0569. The van der Waals surface area contributed by atoms with Gasteiger partial charge >= 0.3 is 5.97 Å². The van der Waals surface area contributed by atoms with Gasteiger partial charge in [-0.1, -0.05) is 44.2 Å². The Morgan fingerprint density at radius 1 is 1.27 bits per heavy atom. The number of hydrogen-bond donors (Lipinski definition) is 2. The van der Waals surface area contributed by atoms with Crippen LogP contribution in [-0.4, -0.2) is 28.2 Å². The molecule has 2 N–H and O–H groups in total. The fourth-order valence-corrected chi connectivity index (χ4v) is 4.23. The Balaban J connectivity index is 1.92. The molecule has 2 rings (SSSR count). The maximum Gasteiger partial charge on any atom is 0.303 e. The van der Waals surface area contributed by atoms with E-state index in [1.807, 2.05) is 20.8 Å². The highest BCUT2D eigenvalue weighted by Crippen LogP contribution is 2.29. The predicted octanol–water partition coefficient (Wildman–Crippen LogP) is 4.11. The van der Waals surface area contributed by atoms with E-state index >= 15 is 0 Å². The third-order valence-corrected chi connectivity index (χ3v) is 5.49. The highest BCUT2D eigenvalue weighted by Gasteiger charge is 2.23. The summed E-state index contributed by atoms with van der Waals surface area (Å²) in [5.74, 6) is 0.548. The highest BCUT2D eigenvalue weighted by atomic mass is 16.5. The van der Waals surface area contributed by atoms with Gasteiger partial charge in [-0.05, 0) is 38.5 Å². The topological polar surface area (TPSA) is 92.4 Å². The van der Waals surface area contributed by atoms with Gasteiger partial charge in [0.1, 0.15) is 5.76 Å². The molecule has 1 aromatic heterocycles. The molecule has 0 spiro atoms. The molecule has 0 saturated heterocycles. The van der Waals surface area contributed by atoms with E-state index in [0.717, 1.165) is 23.4 Å². The number of carboxylic acid groups (broad SMARTS) is 1. The summed E-state index contributed by atoms with van der Waals surface area (Å²) >= 11 is 0. The molecular weight excluding hydrogens is 332 g/mol. The lowest BCUT2D eigenvalue weighted by molar-refractivity contribution is -0.137. The molecule has 0 aliphatic heterocycles. The lowest BCUT2D eigenvalue weighted by Crippen LogP contribution is -2.37. The zero-order valence-corrected chi connectivity index (χ0v) is 16.2. The van der Waals surface area contributed by atoms with Crippen LogP contribution >= 0.6 is 0 Å². The Labute approximate surface area is 155 Å². The second-order valence-corrected chi connectivity index (χ2v) is 7.78. The third kappa shape index (κ3) is 6.15. The molecule has 26 heavy (non-hydrogen) atoms. The van der Waals surface area contributed by atoms with Crippen molar-refractivity contribution in [3.8, 4) is 0 Å². The second kappa shape index (κ2) is 9.74. The van der Waals surface area contributed by atoms with Crippen molar-refractivity contribution >= 4 is 11.9 Å². The smallest absolute Gasteiger partial charge is 0.303 e. The molecule has 6 nitrogen and oxygen atoms in total. The van der Waals surface area contributed by atoms with Gasteiger partial charge in [-0.2, -0.15) is 0 Å². The van der Waals surface area contributed by atoms with Crippen molar-refractivity contribution in [1.82, 2.24) is 10.5 Å². The molecule has 2 atom stereocenters. The van der Waals surface area contributed by atoms with Gasteiger partial charge in [-0.15, -0.1) is 0 Å². The molecule has 0 bridgehead atoms. The van der Waals surface area contributed by atoms with E-state index in [0.29, 0.717) is 18.8 Å². The summed E-state index contributed by atoms with van der Waals surface area (Å²) in [7, 11) is 0. The standard InChI is InChI=1S/C20H32N2O4/c1-13(20-14(2)22-26-15(20)3)11-18(23)21-17(9-10-19(24)25)12-16-7-5-4-6-8-16/h13,16-17H,4-12H2,1-3H3,(H,21,23)(H,24,25). The van der Waals surface area contributed by atoms with Gasteiger partial charge < -0.3 is 14.9 Å². The zero-order chi connectivity index (χ0) is 19.1. The molecule has 146 valence electrons. The van der Waals surface area contributed by atoms with E-state index in [1.165, 1.54) is 32.1 Å². The van der Waals surface area contributed by atoms with E-state index in [1.54, 1.807) is 0 Å². The van der Waals surface area contributed by atoms with Crippen LogP contribution in [0.3, 0.4) is 0 Å². The summed E-state index contributed by atoms with van der Waals surface area (Å²) < 4.78 is 5.20. The summed E-state index contributed by atoms with van der Waals surface area (Å²) in [6.45, 7) is 5.75. The van der Waals surface area contributed by atoms with Crippen LogP contribution in [-0.2, 0) is 9.59 Å². The predicted molar refractivity (Wildman–Crippen MR) is 99.0 cm³/mol. The summed E-state index contributed by atoms with van der Waals surface area (Å²) in [4.78, 5) is 23.5. The van der Waals surface area contributed by atoms with Gasteiger partial charge in [0.25, 0.3) is 0 Å². The van der Waals surface area contributed by atoms with Crippen LogP contribution < -0.4 is 5.32 Å². The molecular formula is C20H32N2O4. The number of aliphatic carboxylic acids is 1.